The van der Waals surface area contributed by atoms with Gasteiger partial charge >= 0.3 is 0 Å². The van der Waals surface area contributed by atoms with Crippen LogP contribution >= 0.6 is 0 Å². The molecule has 0 radical (unpaired) electrons. The molecule has 1 aliphatic heterocycles. The summed E-state index contributed by atoms with van der Waals surface area (Å²) in [6.07, 6.45) is 1.76. The third kappa shape index (κ3) is 5.60. The molecule has 0 aromatic heterocycles. The van der Waals surface area contributed by atoms with Gasteiger partial charge in [-0.3, -0.25) is 4.84 Å². The molecule has 0 spiro atoms. The Kier molecular flexibility index (Phi) is 7.09. The van der Waals surface area contributed by atoms with Gasteiger partial charge in [0, 0.05) is 17.4 Å². The van der Waals surface area contributed by atoms with Crippen molar-refractivity contribution in [1.29, 1.82) is 0 Å². The summed E-state index contributed by atoms with van der Waals surface area (Å²) in [5.74, 6) is 0.835. The number of hydrogen-bond acceptors (Lipinski definition) is 4. The normalized spacial score (nSPS) is 21.5. The van der Waals surface area contributed by atoms with E-state index in [1.54, 1.807) is 0 Å². The van der Waals surface area contributed by atoms with Gasteiger partial charge in [0.2, 0.25) is 0 Å². The molecule has 0 saturated carbocycles. The van der Waals surface area contributed by atoms with Gasteiger partial charge in [-0.2, -0.15) is 5.06 Å². The number of ether oxygens (including phenoxy) is 1. The predicted molar refractivity (Wildman–Crippen MR) is 109 cm³/mol. The molecule has 6 heteroatoms. The zero-order valence-electron chi connectivity index (χ0n) is 16.3. The first-order chi connectivity index (χ1) is 13.7. The molecule has 2 aromatic carbocycles. The van der Waals surface area contributed by atoms with Crippen LogP contribution in [0.4, 0.5) is 0 Å². The Balaban J connectivity index is 1.72. The molecular formula is C22H26N4O2. The zero-order chi connectivity index (χ0) is 19.8. The molecule has 3 rings (SSSR count). The van der Waals surface area contributed by atoms with Crippen LogP contribution < -0.4 is 0 Å². The van der Waals surface area contributed by atoms with Crippen LogP contribution in [-0.4, -0.2) is 23.8 Å². The first-order valence-corrected chi connectivity index (χ1v) is 9.50. The maximum Gasteiger partial charge on any atom is 0.116 e. The van der Waals surface area contributed by atoms with E-state index in [0.29, 0.717) is 19.7 Å². The summed E-state index contributed by atoms with van der Waals surface area (Å²) in [7, 11) is 0. The van der Waals surface area contributed by atoms with Crippen LogP contribution in [0.3, 0.4) is 0 Å². The third-order valence-electron chi connectivity index (χ3n) is 4.89. The lowest BCUT2D eigenvalue weighted by molar-refractivity contribution is -0.196. The molecule has 0 bridgehead atoms. The summed E-state index contributed by atoms with van der Waals surface area (Å²) in [4.78, 5) is 9.13. The van der Waals surface area contributed by atoms with E-state index in [1.807, 2.05) is 73.5 Å². The van der Waals surface area contributed by atoms with Crippen LogP contribution in [0.25, 0.3) is 10.4 Å². The molecule has 1 aliphatic rings. The summed E-state index contributed by atoms with van der Waals surface area (Å²) in [6.45, 7) is 5.65. The van der Waals surface area contributed by atoms with E-state index >= 15 is 0 Å². The monoisotopic (exact) mass is 378 g/mol. The lowest BCUT2D eigenvalue weighted by Gasteiger charge is -2.35. The van der Waals surface area contributed by atoms with Crippen molar-refractivity contribution < 1.29 is 9.57 Å². The quantitative estimate of drug-likeness (QED) is 0.273. The Morgan fingerprint density at radius 2 is 1.71 bits per heavy atom. The number of hydrogen-bond donors (Lipinski definition) is 0. The smallest absolute Gasteiger partial charge is 0.116 e. The van der Waals surface area contributed by atoms with Crippen molar-refractivity contribution >= 4 is 0 Å². The first-order valence-electron chi connectivity index (χ1n) is 9.50. The van der Waals surface area contributed by atoms with E-state index in [9.17, 15) is 0 Å². The van der Waals surface area contributed by atoms with Crippen LogP contribution in [0, 0.1) is 5.92 Å². The van der Waals surface area contributed by atoms with Gasteiger partial charge in [-0.05, 0) is 29.7 Å². The number of rotatable bonds is 8. The largest absolute Gasteiger partial charge is 0.494 e. The highest BCUT2D eigenvalue weighted by Gasteiger charge is 2.31. The fourth-order valence-electron chi connectivity index (χ4n) is 3.29. The molecule has 1 unspecified atom stereocenters. The number of allylic oxidation sites excluding steroid dienone is 1. The lowest BCUT2D eigenvalue weighted by atomic mass is 9.93. The Hall–Kier alpha value is -2.79. The Bertz CT molecular complexity index is 819. The van der Waals surface area contributed by atoms with Gasteiger partial charge in [0.25, 0.3) is 0 Å². The molecule has 0 saturated heterocycles. The van der Waals surface area contributed by atoms with Gasteiger partial charge in [0.15, 0.2) is 0 Å². The average molecular weight is 378 g/mol. The third-order valence-corrected chi connectivity index (χ3v) is 4.89. The summed E-state index contributed by atoms with van der Waals surface area (Å²) in [5, 5.41) is 5.85. The predicted octanol–water partition coefficient (Wildman–Crippen LogP) is 5.24. The first kappa shape index (κ1) is 20.0. The Morgan fingerprint density at radius 3 is 2.36 bits per heavy atom. The molecular weight excluding hydrogens is 352 g/mol. The van der Waals surface area contributed by atoms with Gasteiger partial charge in [0.1, 0.15) is 6.10 Å². The van der Waals surface area contributed by atoms with Crippen molar-refractivity contribution in [2.45, 2.75) is 39.1 Å². The van der Waals surface area contributed by atoms with Crippen molar-refractivity contribution in [1.82, 2.24) is 5.06 Å². The highest BCUT2D eigenvalue weighted by atomic mass is 16.7. The highest BCUT2D eigenvalue weighted by Crippen LogP contribution is 2.27. The molecule has 1 heterocycles. The number of hydroxylamine groups is 2. The van der Waals surface area contributed by atoms with Gasteiger partial charge in [-0.15, -0.1) is 0 Å². The fourth-order valence-corrected chi connectivity index (χ4v) is 3.29. The van der Waals surface area contributed by atoms with Crippen molar-refractivity contribution in [2.75, 3.05) is 6.54 Å². The number of azide groups is 1. The van der Waals surface area contributed by atoms with Crippen LogP contribution in [-0.2, 0) is 22.7 Å². The van der Waals surface area contributed by atoms with Crippen LogP contribution in [0.2, 0.25) is 0 Å². The minimum absolute atomic E-state index is 0.0539. The fraction of sp³-hybridized carbons (Fsp3) is 0.364. The molecule has 6 nitrogen and oxygen atoms in total. The SMILES string of the molecule is CC1=C[C@@H](N=[N+]=[N-])[C@@H](C)C(CN(Cc2ccccc2)OCc2ccccc2)O1. The molecule has 0 N–H and O–H groups in total. The number of nitrogens with zero attached hydrogens (tertiary/aromatic N) is 4. The standard InChI is InChI=1S/C22H26N4O2/c1-17-13-21(24-25-23)18(2)22(28-17)15-26(14-19-9-5-3-6-10-19)27-16-20-11-7-4-8-12-20/h3-13,18,21-22H,14-16H2,1-2H3/t18-,21-,22?/m1/s1. The zero-order valence-corrected chi connectivity index (χ0v) is 16.3. The summed E-state index contributed by atoms with van der Waals surface area (Å²) >= 11 is 0. The lowest BCUT2D eigenvalue weighted by Crippen LogP contribution is -2.42. The molecule has 0 amide bonds. The second-order valence-electron chi connectivity index (χ2n) is 7.06. The Labute approximate surface area is 166 Å². The molecule has 146 valence electrons. The van der Waals surface area contributed by atoms with Gasteiger partial charge in [-0.1, -0.05) is 72.7 Å². The van der Waals surface area contributed by atoms with E-state index in [2.05, 4.69) is 22.2 Å². The molecule has 0 aliphatic carbocycles. The van der Waals surface area contributed by atoms with Crippen LogP contribution in [0.1, 0.15) is 25.0 Å². The van der Waals surface area contributed by atoms with Crippen molar-refractivity contribution in [3.05, 3.63) is 94.1 Å². The van der Waals surface area contributed by atoms with E-state index in [4.69, 9.17) is 15.1 Å². The molecule has 2 aromatic rings. The second-order valence-corrected chi connectivity index (χ2v) is 7.06. The van der Waals surface area contributed by atoms with Crippen molar-refractivity contribution in [2.24, 2.45) is 11.0 Å². The maximum atomic E-state index is 8.85. The second kappa shape index (κ2) is 9.95. The topological polar surface area (TPSA) is 70.5 Å². The minimum atomic E-state index is -0.212. The Morgan fingerprint density at radius 1 is 1.07 bits per heavy atom. The average Bonchev–Trinajstić information content (AvgIpc) is 2.71. The maximum absolute atomic E-state index is 8.85. The van der Waals surface area contributed by atoms with Crippen molar-refractivity contribution in [3.63, 3.8) is 0 Å². The van der Waals surface area contributed by atoms with E-state index in [0.717, 1.165) is 16.9 Å². The van der Waals surface area contributed by atoms with Gasteiger partial charge < -0.3 is 4.74 Å². The summed E-state index contributed by atoms with van der Waals surface area (Å²) < 4.78 is 6.05. The van der Waals surface area contributed by atoms with E-state index < -0.39 is 0 Å². The van der Waals surface area contributed by atoms with Crippen LogP contribution in [0.5, 0.6) is 0 Å². The number of benzene rings is 2. The molecule has 3 atom stereocenters. The van der Waals surface area contributed by atoms with E-state index in [-0.39, 0.29) is 18.1 Å². The van der Waals surface area contributed by atoms with E-state index in [1.165, 1.54) is 0 Å². The summed E-state index contributed by atoms with van der Waals surface area (Å²) in [5.41, 5.74) is 11.1. The van der Waals surface area contributed by atoms with Gasteiger partial charge in [-0.25, -0.2) is 0 Å². The molecule has 28 heavy (non-hydrogen) atoms. The molecule has 0 fully saturated rings. The summed E-state index contributed by atoms with van der Waals surface area (Å²) in [6, 6.07) is 20.1. The highest BCUT2D eigenvalue weighted by molar-refractivity contribution is 5.15. The van der Waals surface area contributed by atoms with Crippen molar-refractivity contribution in [3.8, 4) is 0 Å². The van der Waals surface area contributed by atoms with Crippen LogP contribution in [0.15, 0.2) is 77.6 Å². The minimum Gasteiger partial charge on any atom is -0.494 e. The van der Waals surface area contributed by atoms with Gasteiger partial charge in [0.05, 0.1) is 25.0 Å².